The molecule has 0 bridgehead atoms. The summed E-state index contributed by atoms with van der Waals surface area (Å²) < 4.78 is 29.1. The molecule has 0 unspecified atom stereocenters. The summed E-state index contributed by atoms with van der Waals surface area (Å²) in [6.07, 6.45) is -0.260. The molecule has 25 heavy (non-hydrogen) atoms. The first kappa shape index (κ1) is 19.0. The second-order valence-corrected chi connectivity index (χ2v) is 7.66. The topological polar surface area (TPSA) is 89.5 Å². The zero-order chi connectivity index (χ0) is 18.4. The Balaban J connectivity index is 2.05. The quantitative estimate of drug-likeness (QED) is 0.777. The number of hydrogen-bond acceptors (Lipinski definition) is 5. The Morgan fingerprint density at radius 2 is 1.84 bits per heavy atom. The van der Waals surface area contributed by atoms with Crippen molar-refractivity contribution < 1.29 is 22.7 Å². The van der Waals surface area contributed by atoms with Gasteiger partial charge >= 0.3 is 5.97 Å². The van der Waals surface area contributed by atoms with Crippen molar-refractivity contribution >= 4 is 39.0 Å². The second kappa shape index (κ2) is 8.13. The van der Waals surface area contributed by atoms with E-state index in [4.69, 9.17) is 11.6 Å². The molecule has 0 spiro atoms. The SMILES string of the molecule is COC(=O)c1ccccc1NC(=O)CCS(=O)(=O)c1cccc(Cl)c1. The van der Waals surface area contributed by atoms with Crippen molar-refractivity contribution in [2.75, 3.05) is 18.2 Å². The largest absolute Gasteiger partial charge is 0.465 e. The van der Waals surface area contributed by atoms with Gasteiger partial charge in [0.05, 0.1) is 29.0 Å². The summed E-state index contributed by atoms with van der Waals surface area (Å²) in [6, 6.07) is 12.2. The number of rotatable bonds is 6. The lowest BCUT2D eigenvalue weighted by atomic mass is 10.2. The van der Waals surface area contributed by atoms with Crippen molar-refractivity contribution in [3.8, 4) is 0 Å². The highest BCUT2D eigenvalue weighted by Crippen LogP contribution is 2.19. The van der Waals surface area contributed by atoms with Crippen molar-refractivity contribution in [2.24, 2.45) is 0 Å². The number of anilines is 1. The number of esters is 1. The fourth-order valence-corrected chi connectivity index (χ4v) is 3.64. The standard InChI is InChI=1S/C17H16ClNO5S/c1-24-17(21)14-7-2-3-8-15(14)19-16(20)9-10-25(22,23)13-6-4-5-12(18)11-13/h2-8,11H,9-10H2,1H3,(H,19,20). The zero-order valence-electron chi connectivity index (χ0n) is 13.4. The van der Waals surface area contributed by atoms with E-state index in [1.165, 1.54) is 37.4 Å². The van der Waals surface area contributed by atoms with Crippen LogP contribution in [0.1, 0.15) is 16.8 Å². The van der Waals surface area contributed by atoms with Gasteiger partial charge in [-0.3, -0.25) is 4.79 Å². The van der Waals surface area contributed by atoms with Gasteiger partial charge in [0.25, 0.3) is 0 Å². The first-order valence-corrected chi connectivity index (χ1v) is 9.32. The Labute approximate surface area is 150 Å². The lowest BCUT2D eigenvalue weighted by Gasteiger charge is -2.10. The van der Waals surface area contributed by atoms with Crippen LogP contribution in [-0.4, -0.2) is 33.2 Å². The van der Waals surface area contributed by atoms with E-state index in [2.05, 4.69) is 10.1 Å². The van der Waals surface area contributed by atoms with Gasteiger partial charge in [0.15, 0.2) is 9.84 Å². The van der Waals surface area contributed by atoms with Gasteiger partial charge in [0, 0.05) is 11.4 Å². The molecule has 2 aromatic rings. The van der Waals surface area contributed by atoms with Crippen LogP contribution >= 0.6 is 11.6 Å². The molecule has 0 aliphatic heterocycles. The van der Waals surface area contributed by atoms with E-state index in [0.29, 0.717) is 5.02 Å². The first-order valence-electron chi connectivity index (χ1n) is 7.29. The van der Waals surface area contributed by atoms with E-state index >= 15 is 0 Å². The predicted molar refractivity (Wildman–Crippen MR) is 94.5 cm³/mol. The maximum Gasteiger partial charge on any atom is 0.339 e. The Morgan fingerprint density at radius 1 is 1.12 bits per heavy atom. The fourth-order valence-electron chi connectivity index (χ4n) is 2.10. The first-order chi connectivity index (χ1) is 11.8. The molecule has 0 radical (unpaired) electrons. The number of amides is 1. The highest BCUT2D eigenvalue weighted by atomic mass is 35.5. The molecule has 2 aromatic carbocycles. The van der Waals surface area contributed by atoms with Gasteiger partial charge in [-0.25, -0.2) is 13.2 Å². The minimum atomic E-state index is -3.64. The molecule has 2 rings (SSSR count). The van der Waals surface area contributed by atoms with Crippen molar-refractivity contribution in [2.45, 2.75) is 11.3 Å². The molecule has 8 heteroatoms. The van der Waals surface area contributed by atoms with Crippen LogP contribution in [-0.2, 0) is 19.4 Å². The van der Waals surface area contributed by atoms with Gasteiger partial charge in [-0.1, -0.05) is 29.8 Å². The van der Waals surface area contributed by atoms with Crippen LogP contribution in [0.2, 0.25) is 5.02 Å². The molecule has 6 nitrogen and oxygen atoms in total. The number of carbonyl (C=O) groups excluding carboxylic acids is 2. The Hall–Kier alpha value is -2.38. The number of nitrogens with one attached hydrogen (secondary N) is 1. The van der Waals surface area contributed by atoms with E-state index in [0.717, 1.165) is 0 Å². The van der Waals surface area contributed by atoms with Crippen molar-refractivity contribution in [3.63, 3.8) is 0 Å². The summed E-state index contributed by atoms with van der Waals surface area (Å²) in [5.41, 5.74) is 0.454. The second-order valence-electron chi connectivity index (χ2n) is 5.11. The number of carbonyl (C=O) groups is 2. The molecule has 0 aliphatic rings. The number of ether oxygens (including phenoxy) is 1. The maximum atomic E-state index is 12.3. The van der Waals surface area contributed by atoms with Crippen LogP contribution in [0.5, 0.6) is 0 Å². The molecule has 0 aliphatic carbocycles. The summed E-state index contributed by atoms with van der Waals surface area (Å²) in [6.45, 7) is 0. The molecule has 1 amide bonds. The van der Waals surface area contributed by atoms with Gasteiger partial charge in [-0.2, -0.15) is 0 Å². The van der Waals surface area contributed by atoms with Crippen molar-refractivity contribution in [1.82, 2.24) is 0 Å². The predicted octanol–water partition coefficient (Wildman–Crippen LogP) is 2.93. The number of hydrogen-bond donors (Lipinski definition) is 1. The molecule has 1 N–H and O–H groups in total. The molecular formula is C17H16ClNO5S. The van der Waals surface area contributed by atoms with Crippen LogP contribution < -0.4 is 5.32 Å². The van der Waals surface area contributed by atoms with Crippen LogP contribution in [0.4, 0.5) is 5.69 Å². The smallest absolute Gasteiger partial charge is 0.339 e. The highest BCUT2D eigenvalue weighted by Gasteiger charge is 2.18. The van der Waals surface area contributed by atoms with Gasteiger partial charge in [-0.15, -0.1) is 0 Å². The Bertz CT molecular complexity index is 895. The van der Waals surface area contributed by atoms with E-state index in [9.17, 15) is 18.0 Å². The van der Waals surface area contributed by atoms with Gasteiger partial charge in [-0.05, 0) is 30.3 Å². The lowest BCUT2D eigenvalue weighted by molar-refractivity contribution is -0.115. The summed E-state index contributed by atoms with van der Waals surface area (Å²) in [5, 5.41) is 2.83. The molecule has 0 heterocycles. The summed E-state index contributed by atoms with van der Waals surface area (Å²) in [4.78, 5) is 23.8. The van der Waals surface area contributed by atoms with Crippen LogP contribution in [0, 0.1) is 0 Å². The van der Waals surface area contributed by atoms with Crippen molar-refractivity contribution in [1.29, 1.82) is 0 Å². The average molecular weight is 382 g/mol. The molecule has 0 fully saturated rings. The van der Waals surface area contributed by atoms with Gasteiger partial charge in [0.2, 0.25) is 5.91 Å². The number of benzene rings is 2. The molecule has 0 saturated heterocycles. The number of halogens is 1. The Morgan fingerprint density at radius 3 is 2.52 bits per heavy atom. The molecular weight excluding hydrogens is 366 g/mol. The number of sulfone groups is 1. The molecule has 0 aromatic heterocycles. The van der Waals surface area contributed by atoms with Gasteiger partial charge < -0.3 is 10.1 Å². The summed E-state index contributed by atoms with van der Waals surface area (Å²) in [5.74, 6) is -1.50. The normalized spacial score (nSPS) is 11.0. The lowest BCUT2D eigenvalue weighted by Crippen LogP contribution is -2.19. The third-order valence-electron chi connectivity index (χ3n) is 3.36. The number of para-hydroxylation sites is 1. The van der Waals surface area contributed by atoms with Gasteiger partial charge in [0.1, 0.15) is 0 Å². The third kappa shape index (κ3) is 5.04. The van der Waals surface area contributed by atoms with E-state index in [-0.39, 0.29) is 28.3 Å². The van der Waals surface area contributed by atoms with Crippen LogP contribution in [0.25, 0.3) is 0 Å². The van der Waals surface area contributed by atoms with E-state index < -0.39 is 21.7 Å². The van der Waals surface area contributed by atoms with E-state index in [1.807, 2.05) is 0 Å². The Kier molecular flexibility index (Phi) is 6.17. The van der Waals surface area contributed by atoms with Crippen LogP contribution in [0.3, 0.4) is 0 Å². The van der Waals surface area contributed by atoms with Crippen molar-refractivity contribution in [3.05, 3.63) is 59.1 Å². The summed E-state index contributed by atoms with van der Waals surface area (Å²) >= 11 is 5.79. The zero-order valence-corrected chi connectivity index (χ0v) is 14.9. The monoisotopic (exact) mass is 381 g/mol. The number of methoxy groups -OCH3 is 1. The molecule has 132 valence electrons. The fraction of sp³-hybridized carbons (Fsp3) is 0.176. The summed E-state index contributed by atoms with van der Waals surface area (Å²) in [7, 11) is -2.40. The molecule has 0 saturated carbocycles. The minimum Gasteiger partial charge on any atom is -0.465 e. The maximum absolute atomic E-state index is 12.3. The van der Waals surface area contributed by atoms with Crippen LogP contribution in [0.15, 0.2) is 53.4 Å². The minimum absolute atomic E-state index is 0.0581. The highest BCUT2D eigenvalue weighted by molar-refractivity contribution is 7.91. The average Bonchev–Trinajstić information content (AvgIpc) is 2.60. The third-order valence-corrected chi connectivity index (χ3v) is 5.31. The van der Waals surface area contributed by atoms with E-state index in [1.54, 1.807) is 18.2 Å². The molecule has 0 atom stereocenters.